The Morgan fingerprint density at radius 2 is 2.40 bits per heavy atom. The third-order valence-corrected chi connectivity index (χ3v) is 1.97. The van der Waals surface area contributed by atoms with Gasteiger partial charge in [-0.3, -0.25) is 4.79 Å². The third-order valence-electron chi connectivity index (χ3n) is 1.97. The van der Waals surface area contributed by atoms with E-state index in [1.54, 1.807) is 22.9 Å². The maximum absolute atomic E-state index is 11.7. The zero-order chi connectivity index (χ0) is 11.1. The average Bonchev–Trinajstić information content (AvgIpc) is 2.24. The number of rotatable bonds is 5. The Bertz CT molecular complexity index is 404. The van der Waals surface area contributed by atoms with Gasteiger partial charge in [-0.1, -0.05) is 0 Å². The zero-order valence-corrected chi connectivity index (χ0v) is 8.77. The first-order valence-electron chi connectivity index (χ1n) is 4.98. The van der Waals surface area contributed by atoms with Crippen LogP contribution in [-0.4, -0.2) is 11.2 Å². The Balaban J connectivity index is 2.76. The number of aryl methyl sites for hydroxylation is 1. The van der Waals surface area contributed by atoms with Crippen molar-refractivity contribution in [1.82, 2.24) is 4.57 Å². The molecule has 4 nitrogen and oxygen atoms in total. The van der Waals surface area contributed by atoms with Gasteiger partial charge in [0.2, 0.25) is 0 Å². The largest absolute Gasteiger partial charge is 0.488 e. The molecule has 0 N–H and O–H groups in total. The Labute approximate surface area is 88.7 Å². The van der Waals surface area contributed by atoms with Gasteiger partial charge in [-0.25, -0.2) is 0 Å². The Hall–Kier alpha value is -1.76. The summed E-state index contributed by atoms with van der Waals surface area (Å²) < 4.78 is 6.76. The van der Waals surface area contributed by atoms with Crippen LogP contribution in [0.5, 0.6) is 5.75 Å². The van der Waals surface area contributed by atoms with Crippen molar-refractivity contribution in [2.24, 2.45) is 0 Å². The summed E-state index contributed by atoms with van der Waals surface area (Å²) in [6.45, 7) is 2.89. The van der Waals surface area contributed by atoms with Gasteiger partial charge < -0.3 is 9.30 Å². The lowest BCUT2D eigenvalue weighted by molar-refractivity contribution is 0.331. The number of pyridine rings is 1. The van der Waals surface area contributed by atoms with E-state index in [4.69, 9.17) is 10.00 Å². The maximum atomic E-state index is 11.7. The summed E-state index contributed by atoms with van der Waals surface area (Å²) in [5.74, 6) is 0.372. The highest BCUT2D eigenvalue weighted by atomic mass is 16.5. The second-order valence-electron chi connectivity index (χ2n) is 3.07. The minimum absolute atomic E-state index is 0.128. The molecule has 0 aliphatic heterocycles. The zero-order valence-electron chi connectivity index (χ0n) is 8.77. The normalized spacial score (nSPS) is 9.60. The molecule has 0 amide bonds. The van der Waals surface area contributed by atoms with E-state index in [2.05, 4.69) is 6.07 Å². The average molecular weight is 206 g/mol. The number of hydrogen-bond donors (Lipinski definition) is 0. The molecule has 1 heterocycles. The molecule has 0 aromatic carbocycles. The van der Waals surface area contributed by atoms with E-state index in [-0.39, 0.29) is 5.56 Å². The monoisotopic (exact) mass is 206 g/mol. The molecule has 0 aliphatic rings. The van der Waals surface area contributed by atoms with Gasteiger partial charge in [-0.05, 0) is 25.5 Å². The van der Waals surface area contributed by atoms with E-state index < -0.39 is 0 Å². The van der Waals surface area contributed by atoms with Gasteiger partial charge >= 0.3 is 0 Å². The highest BCUT2D eigenvalue weighted by Gasteiger charge is 2.02. The first kappa shape index (κ1) is 11.3. The summed E-state index contributed by atoms with van der Waals surface area (Å²) in [5, 5.41) is 8.39. The summed E-state index contributed by atoms with van der Waals surface area (Å²) >= 11 is 0. The van der Waals surface area contributed by atoms with E-state index in [1.807, 2.05) is 6.92 Å². The predicted molar refractivity (Wildman–Crippen MR) is 56.7 cm³/mol. The fraction of sp³-hybridized carbons (Fsp3) is 0.455. The van der Waals surface area contributed by atoms with Crippen LogP contribution in [0.1, 0.15) is 19.8 Å². The SMILES string of the molecule is CCOc1cccn(CCCC#N)c1=O. The first-order valence-corrected chi connectivity index (χ1v) is 4.98. The molecule has 0 atom stereocenters. The van der Waals surface area contributed by atoms with Crippen LogP contribution in [0.2, 0.25) is 0 Å². The predicted octanol–water partition coefficient (Wildman–Crippen LogP) is 1.55. The van der Waals surface area contributed by atoms with Crippen LogP contribution < -0.4 is 10.3 Å². The van der Waals surface area contributed by atoms with Gasteiger partial charge in [0.15, 0.2) is 5.75 Å². The number of unbranched alkanes of at least 4 members (excludes halogenated alkanes) is 1. The van der Waals surface area contributed by atoms with Crippen molar-refractivity contribution in [3.63, 3.8) is 0 Å². The molecule has 0 fully saturated rings. The molecule has 1 rings (SSSR count). The lowest BCUT2D eigenvalue weighted by Crippen LogP contribution is -2.21. The molecular weight excluding hydrogens is 192 g/mol. The van der Waals surface area contributed by atoms with Gasteiger partial charge in [0, 0.05) is 19.2 Å². The molecule has 0 aliphatic carbocycles. The summed E-state index contributed by atoms with van der Waals surface area (Å²) in [5.41, 5.74) is -0.128. The molecule has 0 radical (unpaired) electrons. The van der Waals surface area contributed by atoms with Crippen molar-refractivity contribution in [1.29, 1.82) is 5.26 Å². The fourth-order valence-electron chi connectivity index (χ4n) is 1.28. The van der Waals surface area contributed by atoms with Crippen molar-refractivity contribution < 1.29 is 4.74 Å². The lowest BCUT2D eigenvalue weighted by atomic mass is 10.3. The van der Waals surface area contributed by atoms with Gasteiger partial charge in [-0.15, -0.1) is 0 Å². The summed E-state index contributed by atoms with van der Waals surface area (Å²) in [7, 11) is 0. The Morgan fingerprint density at radius 1 is 1.60 bits per heavy atom. The molecule has 1 aromatic rings. The van der Waals surface area contributed by atoms with Gasteiger partial charge in [0.1, 0.15) is 0 Å². The van der Waals surface area contributed by atoms with Gasteiger partial charge in [0.25, 0.3) is 5.56 Å². The maximum Gasteiger partial charge on any atom is 0.292 e. The van der Waals surface area contributed by atoms with Crippen molar-refractivity contribution in [2.75, 3.05) is 6.61 Å². The summed E-state index contributed by atoms with van der Waals surface area (Å²) in [4.78, 5) is 11.7. The highest BCUT2D eigenvalue weighted by molar-refractivity contribution is 5.17. The molecule has 80 valence electrons. The molecule has 0 saturated carbocycles. The van der Waals surface area contributed by atoms with Crippen LogP contribution in [0.25, 0.3) is 0 Å². The molecule has 15 heavy (non-hydrogen) atoms. The van der Waals surface area contributed by atoms with Crippen molar-refractivity contribution >= 4 is 0 Å². The van der Waals surface area contributed by atoms with Crippen LogP contribution in [0.15, 0.2) is 23.1 Å². The number of nitriles is 1. The van der Waals surface area contributed by atoms with Crippen molar-refractivity contribution in [3.05, 3.63) is 28.7 Å². The van der Waals surface area contributed by atoms with E-state index >= 15 is 0 Å². The Morgan fingerprint density at radius 3 is 3.07 bits per heavy atom. The molecule has 4 heteroatoms. The van der Waals surface area contributed by atoms with Gasteiger partial charge in [0.05, 0.1) is 12.7 Å². The molecular formula is C11H14N2O2. The summed E-state index contributed by atoms with van der Waals surface area (Å²) in [6, 6.07) is 5.49. The van der Waals surface area contributed by atoms with Gasteiger partial charge in [-0.2, -0.15) is 5.26 Å². The van der Waals surface area contributed by atoms with E-state index in [9.17, 15) is 4.79 Å². The van der Waals surface area contributed by atoms with Crippen LogP contribution in [0.3, 0.4) is 0 Å². The number of aromatic nitrogens is 1. The van der Waals surface area contributed by atoms with E-state index in [0.717, 1.165) is 0 Å². The quantitative estimate of drug-likeness (QED) is 0.687. The van der Waals surface area contributed by atoms with Crippen LogP contribution in [-0.2, 0) is 6.54 Å². The van der Waals surface area contributed by atoms with Crippen LogP contribution >= 0.6 is 0 Å². The molecule has 1 aromatic heterocycles. The second kappa shape index (κ2) is 5.86. The lowest BCUT2D eigenvalue weighted by Gasteiger charge is -2.06. The molecule has 0 saturated heterocycles. The molecule has 0 spiro atoms. The van der Waals surface area contributed by atoms with E-state index in [1.165, 1.54) is 0 Å². The van der Waals surface area contributed by atoms with Crippen molar-refractivity contribution in [2.45, 2.75) is 26.3 Å². The molecule has 0 unspecified atom stereocenters. The second-order valence-corrected chi connectivity index (χ2v) is 3.07. The number of ether oxygens (including phenoxy) is 1. The topological polar surface area (TPSA) is 55.0 Å². The Kier molecular flexibility index (Phi) is 4.42. The van der Waals surface area contributed by atoms with Crippen LogP contribution in [0.4, 0.5) is 0 Å². The smallest absolute Gasteiger partial charge is 0.292 e. The molecule has 0 bridgehead atoms. The van der Waals surface area contributed by atoms with Crippen LogP contribution in [0, 0.1) is 11.3 Å². The summed E-state index contributed by atoms with van der Waals surface area (Å²) in [6.07, 6.45) is 2.86. The third kappa shape index (κ3) is 3.13. The first-order chi connectivity index (χ1) is 7.29. The number of hydrogen-bond acceptors (Lipinski definition) is 3. The van der Waals surface area contributed by atoms with Crippen molar-refractivity contribution in [3.8, 4) is 11.8 Å². The minimum atomic E-state index is -0.128. The fourth-order valence-corrected chi connectivity index (χ4v) is 1.28. The minimum Gasteiger partial charge on any atom is -0.488 e. The number of nitrogens with zero attached hydrogens (tertiary/aromatic N) is 2. The highest BCUT2D eigenvalue weighted by Crippen LogP contribution is 2.02. The van der Waals surface area contributed by atoms with E-state index in [0.29, 0.717) is 31.7 Å². The standard InChI is InChI=1S/C11H14N2O2/c1-2-15-10-6-5-9-13(11(10)14)8-4-3-7-12/h5-6,9H,2-4,8H2,1H3.